The minimum atomic E-state index is -4.64. The fraction of sp³-hybridized carbons (Fsp3) is 0.472. The minimum absolute atomic E-state index is 0.0902. The predicted octanol–water partition coefficient (Wildman–Crippen LogP) is 7.74. The largest absolute Gasteiger partial charge is 0.522 e. The summed E-state index contributed by atoms with van der Waals surface area (Å²) in [6.07, 6.45) is -1.47. The Balaban J connectivity index is 1.09. The number of aromatic nitrogens is 1. The highest BCUT2D eigenvalue weighted by molar-refractivity contribution is 7.18. The number of methoxy groups -OCH3 is 1. The van der Waals surface area contributed by atoms with E-state index in [9.17, 15) is 22.8 Å². The number of aliphatic imine (C=N–C) groups is 1. The SMILES string of the molecule is COC(=O)c1csc2c(-c3cc(Cl)ccc3OCCN3C(=C=O)C4=C(N=C3C)C3(CC3)CC(N3CCC(OC(F)(F)F)CC3)C4)cc(C)nc12. The van der Waals surface area contributed by atoms with Crippen LogP contribution in [0.5, 0.6) is 5.75 Å². The van der Waals surface area contributed by atoms with Gasteiger partial charge in [-0.15, -0.1) is 24.5 Å². The van der Waals surface area contributed by atoms with Crippen molar-refractivity contribution in [2.75, 3.05) is 33.4 Å². The summed E-state index contributed by atoms with van der Waals surface area (Å²) < 4.78 is 54.9. The average molecular weight is 729 g/mol. The van der Waals surface area contributed by atoms with Crippen LogP contribution in [0, 0.1) is 12.3 Å². The number of hydrogen-bond acceptors (Lipinski definition) is 10. The third-order valence-electron chi connectivity index (χ3n) is 10.2. The van der Waals surface area contributed by atoms with Crippen LogP contribution in [0.4, 0.5) is 13.2 Å². The number of likely N-dealkylation sites (tertiary alicyclic amines) is 1. The average Bonchev–Trinajstić information content (AvgIpc) is 3.72. The first-order valence-corrected chi connectivity index (χ1v) is 17.9. The van der Waals surface area contributed by atoms with Gasteiger partial charge in [-0.2, -0.15) is 0 Å². The highest BCUT2D eigenvalue weighted by Gasteiger charge is 2.54. The summed E-state index contributed by atoms with van der Waals surface area (Å²) in [6.45, 7) is 5.29. The van der Waals surface area contributed by atoms with Gasteiger partial charge in [0, 0.05) is 57.3 Å². The summed E-state index contributed by atoms with van der Waals surface area (Å²) in [7, 11) is 1.34. The number of thiophene rings is 1. The van der Waals surface area contributed by atoms with Crippen LogP contribution in [-0.4, -0.2) is 84.4 Å². The van der Waals surface area contributed by atoms with Gasteiger partial charge in [0.05, 0.1) is 41.2 Å². The van der Waals surface area contributed by atoms with Crippen molar-refractivity contribution in [2.45, 2.75) is 70.9 Å². The Bertz CT molecular complexity index is 1960. The number of pyridine rings is 1. The summed E-state index contributed by atoms with van der Waals surface area (Å²) in [5.41, 5.74) is 5.36. The highest BCUT2D eigenvalue weighted by Crippen LogP contribution is 2.61. The van der Waals surface area contributed by atoms with E-state index in [1.807, 2.05) is 30.9 Å². The number of carbonyl (C=O) groups is 1. The molecule has 264 valence electrons. The van der Waals surface area contributed by atoms with Crippen molar-refractivity contribution in [1.29, 1.82) is 0 Å². The van der Waals surface area contributed by atoms with Crippen molar-refractivity contribution >= 4 is 50.9 Å². The maximum Gasteiger partial charge on any atom is 0.522 e. The van der Waals surface area contributed by atoms with E-state index in [-0.39, 0.29) is 18.1 Å². The molecule has 0 radical (unpaired) electrons. The van der Waals surface area contributed by atoms with Crippen molar-refractivity contribution in [3.05, 3.63) is 62.9 Å². The molecule has 1 saturated carbocycles. The van der Waals surface area contributed by atoms with Gasteiger partial charge in [-0.25, -0.2) is 14.6 Å². The zero-order valence-electron chi connectivity index (χ0n) is 27.9. The standard InChI is InChI=1S/C36H36ClF3N4O5S/c1-20-14-26(32-31(41-20)28(19-50-32)34(46)47-3)25-15-22(37)4-5-30(25)48-13-12-44-21(2)42-33-27(29(44)18-45)16-23(17-35(33)8-9-35)43-10-6-24(7-11-43)49-36(38,39)40/h4-5,14-15,19,23-24H,6-13,16-17H2,1-3H3. The zero-order valence-corrected chi connectivity index (χ0v) is 29.4. The van der Waals surface area contributed by atoms with Gasteiger partial charge in [-0.3, -0.25) is 14.6 Å². The van der Waals surface area contributed by atoms with E-state index in [1.54, 1.807) is 17.5 Å². The number of amidine groups is 1. The molecule has 1 unspecified atom stereocenters. The fourth-order valence-corrected chi connectivity index (χ4v) is 8.86. The normalized spacial score (nSPS) is 20.9. The highest BCUT2D eigenvalue weighted by atomic mass is 35.5. The molecule has 1 aromatic carbocycles. The van der Waals surface area contributed by atoms with Gasteiger partial charge in [0.15, 0.2) is 5.94 Å². The lowest BCUT2D eigenvalue weighted by molar-refractivity contribution is -0.346. The molecule has 2 fully saturated rings. The number of nitrogens with zero attached hydrogens (tertiary/aromatic N) is 4. The molecule has 1 spiro atoms. The number of carbonyl (C=O) groups excluding carboxylic acids is 2. The zero-order chi connectivity index (χ0) is 35.4. The molecular weight excluding hydrogens is 693 g/mol. The van der Waals surface area contributed by atoms with Gasteiger partial charge in [-0.05, 0) is 76.6 Å². The molecule has 7 rings (SSSR count). The predicted molar refractivity (Wildman–Crippen MR) is 184 cm³/mol. The van der Waals surface area contributed by atoms with Gasteiger partial charge >= 0.3 is 12.3 Å². The number of ether oxygens (including phenoxy) is 3. The van der Waals surface area contributed by atoms with E-state index in [4.69, 9.17) is 26.1 Å². The van der Waals surface area contributed by atoms with Gasteiger partial charge in [0.25, 0.3) is 0 Å². The van der Waals surface area contributed by atoms with Crippen LogP contribution in [-0.2, 0) is 14.3 Å². The molecule has 2 aliphatic heterocycles. The Morgan fingerprint density at radius 2 is 1.92 bits per heavy atom. The molecular formula is C36H36ClF3N4O5S. The molecule has 4 aliphatic rings. The number of alkyl halides is 3. The molecule has 9 nitrogen and oxygen atoms in total. The number of rotatable bonds is 8. The van der Waals surface area contributed by atoms with E-state index in [1.165, 1.54) is 18.4 Å². The number of fused-ring (bicyclic) bond motifs is 2. The second-order valence-corrected chi connectivity index (χ2v) is 14.7. The summed E-state index contributed by atoms with van der Waals surface area (Å²) in [5.74, 6) is 3.02. The Labute approximate surface area is 296 Å². The lowest BCUT2D eigenvalue weighted by Gasteiger charge is -2.44. The Morgan fingerprint density at radius 1 is 1.16 bits per heavy atom. The smallest absolute Gasteiger partial charge is 0.491 e. The molecule has 4 heterocycles. The van der Waals surface area contributed by atoms with Crippen LogP contribution >= 0.6 is 22.9 Å². The number of piperidine rings is 1. The minimum Gasteiger partial charge on any atom is -0.491 e. The van der Waals surface area contributed by atoms with E-state index in [0.29, 0.717) is 78.0 Å². The van der Waals surface area contributed by atoms with Gasteiger partial charge < -0.3 is 14.4 Å². The first-order valence-electron chi connectivity index (χ1n) is 16.6. The van der Waals surface area contributed by atoms with Crippen molar-refractivity contribution < 1.29 is 37.0 Å². The molecule has 0 bridgehead atoms. The van der Waals surface area contributed by atoms with E-state index in [0.717, 1.165) is 46.4 Å². The van der Waals surface area contributed by atoms with Crippen molar-refractivity contribution in [1.82, 2.24) is 14.8 Å². The Kier molecular flexibility index (Phi) is 9.32. The molecule has 2 aromatic heterocycles. The van der Waals surface area contributed by atoms with Gasteiger partial charge in [-0.1, -0.05) is 11.6 Å². The summed E-state index contributed by atoms with van der Waals surface area (Å²) >= 11 is 7.86. The number of allylic oxidation sites excluding steroid dienone is 2. The molecule has 0 amide bonds. The van der Waals surface area contributed by atoms with Crippen LogP contribution in [0.3, 0.4) is 0 Å². The van der Waals surface area contributed by atoms with Crippen LogP contribution in [0.2, 0.25) is 5.02 Å². The first-order chi connectivity index (χ1) is 23.9. The van der Waals surface area contributed by atoms with Gasteiger partial charge in [0.2, 0.25) is 0 Å². The topological polar surface area (TPSA) is 93.6 Å². The third kappa shape index (κ3) is 6.69. The first kappa shape index (κ1) is 34.7. The van der Waals surface area contributed by atoms with E-state index < -0.39 is 18.4 Å². The second kappa shape index (κ2) is 13.4. The Hall–Kier alpha value is -3.74. The van der Waals surface area contributed by atoms with Gasteiger partial charge in [0.1, 0.15) is 23.9 Å². The fourth-order valence-electron chi connectivity index (χ4n) is 7.68. The van der Waals surface area contributed by atoms with Crippen molar-refractivity contribution in [3.63, 3.8) is 0 Å². The number of aryl methyl sites for hydroxylation is 1. The lowest BCUT2D eigenvalue weighted by atomic mass is 9.78. The van der Waals surface area contributed by atoms with Crippen molar-refractivity contribution in [3.8, 4) is 16.9 Å². The maximum atomic E-state index is 12.8. The molecule has 14 heteroatoms. The third-order valence-corrected chi connectivity index (χ3v) is 11.4. The second-order valence-electron chi connectivity index (χ2n) is 13.3. The summed E-state index contributed by atoms with van der Waals surface area (Å²) in [6, 6.07) is 7.39. The molecule has 2 aliphatic carbocycles. The van der Waals surface area contributed by atoms with E-state index in [2.05, 4.69) is 20.6 Å². The molecule has 1 saturated heterocycles. The maximum absolute atomic E-state index is 12.8. The lowest BCUT2D eigenvalue weighted by Crippen LogP contribution is -2.48. The van der Waals surface area contributed by atoms with Crippen LogP contribution in [0.25, 0.3) is 21.3 Å². The molecule has 0 N–H and O–H groups in total. The van der Waals surface area contributed by atoms with Crippen LogP contribution in [0.1, 0.15) is 61.5 Å². The Morgan fingerprint density at radius 3 is 2.60 bits per heavy atom. The quantitative estimate of drug-likeness (QED) is 0.172. The number of benzene rings is 1. The monoisotopic (exact) mass is 728 g/mol. The van der Waals surface area contributed by atoms with Crippen LogP contribution < -0.4 is 4.74 Å². The number of hydrogen-bond donors (Lipinski definition) is 0. The van der Waals surface area contributed by atoms with E-state index >= 15 is 0 Å². The summed E-state index contributed by atoms with van der Waals surface area (Å²) in [5, 5.41) is 2.25. The van der Waals surface area contributed by atoms with Crippen LogP contribution in [0.15, 0.2) is 51.6 Å². The van der Waals surface area contributed by atoms with Crippen molar-refractivity contribution in [2.24, 2.45) is 10.4 Å². The molecule has 1 atom stereocenters. The number of halogens is 4. The molecule has 3 aromatic rings. The number of esters is 1. The summed E-state index contributed by atoms with van der Waals surface area (Å²) in [4.78, 5) is 38.9. The molecule has 50 heavy (non-hydrogen) atoms.